The zero-order valence-electron chi connectivity index (χ0n) is 52.4. The van der Waals surface area contributed by atoms with Crippen LogP contribution in [0.15, 0.2) is 4.99 Å². The van der Waals surface area contributed by atoms with Crippen LogP contribution >= 0.6 is 0 Å². The van der Waals surface area contributed by atoms with Crippen molar-refractivity contribution >= 4 is 94.8 Å². The minimum atomic E-state index is -2.01. The fraction of sp³-hybridized carbons (Fsp3) is 0.704. The zero-order chi connectivity index (χ0) is 70.2. The number of nitrogens with one attached hydrogen (secondary N) is 11. The number of aliphatic hydroxyl groups excluding tert-OH is 3. The lowest BCUT2D eigenvalue weighted by Gasteiger charge is -2.29. The molecule has 0 aliphatic rings. The summed E-state index contributed by atoms with van der Waals surface area (Å²) < 4.78 is 0. The average molecular weight is 1300 g/mol. The Morgan fingerprint density at radius 3 is 1.13 bits per heavy atom. The Morgan fingerprint density at radius 2 is 0.758 bits per heavy atom. The Hall–Kier alpha value is -8.84. The molecule has 0 heterocycles. The molecule has 0 saturated carbocycles. The molecule has 0 unspecified atom stereocenters. The second kappa shape index (κ2) is 41.5. The van der Waals surface area contributed by atoms with Crippen LogP contribution in [0.1, 0.15) is 120 Å². The molecule has 13 atom stereocenters. The third kappa shape index (κ3) is 31.5. The number of carbonyl (C=O) groups excluding carboxylic acids is 11. The van der Waals surface area contributed by atoms with Crippen LogP contribution in [0.2, 0.25) is 0 Å². The van der Waals surface area contributed by atoms with E-state index in [1.165, 1.54) is 20.8 Å². The van der Waals surface area contributed by atoms with Crippen LogP contribution in [0.25, 0.3) is 0 Å². The van der Waals surface area contributed by atoms with E-state index in [9.17, 15) is 103 Å². The third-order valence-corrected chi connectivity index (χ3v) is 13.5. The first-order chi connectivity index (χ1) is 42.3. The van der Waals surface area contributed by atoms with Crippen molar-refractivity contribution in [3.05, 3.63) is 0 Å². The summed E-state index contributed by atoms with van der Waals surface area (Å²) in [6.45, 7) is 10.2. The normalized spacial score (nSPS) is 15.4. The van der Waals surface area contributed by atoms with E-state index in [-0.39, 0.29) is 50.5 Å². The molecule has 0 spiro atoms. The maximum absolute atomic E-state index is 14.2. The molecule has 0 fully saturated rings. The molecule has 37 nitrogen and oxygen atoms in total. The van der Waals surface area contributed by atoms with Crippen LogP contribution in [0.5, 0.6) is 0 Å². The van der Waals surface area contributed by atoms with Crippen molar-refractivity contribution in [1.82, 2.24) is 58.5 Å². The first-order valence-electron chi connectivity index (χ1n) is 29.2. The third-order valence-electron chi connectivity index (χ3n) is 13.5. The number of nitrogens with zero attached hydrogens (tertiary/aromatic N) is 1. The number of hydrogen-bond donors (Lipinski definition) is 21. The molecule has 0 aromatic heterocycles. The Bertz CT molecular complexity index is 2570. The van der Waals surface area contributed by atoms with Crippen LogP contribution in [-0.2, 0) is 71.9 Å². The topological polar surface area (TPSA) is 620 Å². The molecule has 91 heavy (non-hydrogen) atoms. The Labute approximate surface area is 524 Å². The van der Waals surface area contributed by atoms with Gasteiger partial charge >= 0.3 is 23.9 Å². The molecule has 0 aromatic carbocycles. The van der Waals surface area contributed by atoms with Crippen LogP contribution in [0, 0.1) is 23.7 Å². The van der Waals surface area contributed by atoms with Crippen LogP contribution in [0.3, 0.4) is 0 Å². The average Bonchev–Trinajstić information content (AvgIpc) is 1.56. The van der Waals surface area contributed by atoms with Crippen molar-refractivity contribution in [1.29, 1.82) is 0 Å². The molecule has 24 N–H and O–H groups in total. The van der Waals surface area contributed by atoms with Gasteiger partial charge in [0, 0.05) is 13.0 Å². The van der Waals surface area contributed by atoms with Gasteiger partial charge in [-0.25, -0.2) is 0 Å². The van der Waals surface area contributed by atoms with Crippen molar-refractivity contribution in [2.24, 2.45) is 45.9 Å². The number of aliphatic carboxylic acids is 4. The van der Waals surface area contributed by atoms with Gasteiger partial charge in [0.25, 0.3) is 0 Å². The molecular formula is C54H93N15O22. The van der Waals surface area contributed by atoms with E-state index in [2.05, 4.69) is 63.5 Å². The quantitative estimate of drug-likeness (QED) is 0.0153. The highest BCUT2D eigenvalue weighted by Crippen LogP contribution is 2.13. The molecule has 0 aliphatic heterocycles. The lowest BCUT2D eigenvalue weighted by molar-refractivity contribution is -0.143. The summed E-state index contributed by atoms with van der Waals surface area (Å²) in [5.41, 5.74) is 16.5. The van der Waals surface area contributed by atoms with E-state index in [0.29, 0.717) is 0 Å². The van der Waals surface area contributed by atoms with E-state index in [4.69, 9.17) is 22.3 Å². The van der Waals surface area contributed by atoms with Crippen molar-refractivity contribution in [2.75, 3.05) is 26.4 Å². The number of carboxylic acid groups (broad SMARTS) is 4. The fourth-order valence-corrected chi connectivity index (χ4v) is 8.25. The number of amides is 11. The molecular weight excluding hydrogens is 1210 g/mol. The van der Waals surface area contributed by atoms with E-state index >= 15 is 0 Å². The molecule has 0 saturated heterocycles. The van der Waals surface area contributed by atoms with Gasteiger partial charge < -0.3 is 111 Å². The summed E-state index contributed by atoms with van der Waals surface area (Å²) in [5, 5.41) is 93.3. The number of rotatable bonds is 44. The van der Waals surface area contributed by atoms with Crippen molar-refractivity contribution in [3.8, 4) is 0 Å². The summed E-state index contributed by atoms with van der Waals surface area (Å²) in [4.78, 5) is 199. The van der Waals surface area contributed by atoms with Crippen LogP contribution in [-0.4, -0.2) is 229 Å². The first kappa shape index (κ1) is 82.2. The number of carboxylic acids is 4. The highest BCUT2D eigenvalue weighted by Gasteiger charge is 2.38. The lowest BCUT2D eigenvalue weighted by atomic mass is 9.97. The summed E-state index contributed by atoms with van der Waals surface area (Å²) in [6, 6.07) is -20.0. The second-order valence-electron chi connectivity index (χ2n) is 22.7. The highest BCUT2D eigenvalue weighted by molar-refractivity contribution is 6.00. The summed E-state index contributed by atoms with van der Waals surface area (Å²) in [6.07, 6.45) is -3.53. The van der Waals surface area contributed by atoms with Gasteiger partial charge in [-0.2, -0.15) is 0 Å². The van der Waals surface area contributed by atoms with Crippen molar-refractivity contribution in [3.63, 3.8) is 0 Å². The standard InChI is InChI=1S/C54H93N15O22/c1-10-26(8)41(52(89)59-27(9)53(90)91)69-47(84)33(19-39(77)78)64-49(86)35(21-71)67-50(87)36(22-72)65-43(80)29(12-11-15-58-54(56)57)60-45(82)31(16-23(2)3)63-48(85)34(20-70)66-46(83)32(17-24(4)5)62-44(81)30(13-14-37(73)74)61-51(88)40(25(6)7)68-42(79)28(55)18-38(75)76/h23-36,40-41,70-72H,10-22,55H2,1-9H3,(H,59,89)(H,60,82)(H,61,88)(H,62,81)(H,63,85)(H,64,86)(H,65,80)(H,66,83)(H,67,87)(H,68,79)(H,69,84)(H,73,74)(H,75,76)(H,77,78)(H,90,91)(H4,56,57,58)/t26-,27-,28-,29-,30-,31-,32-,33-,34-,35-,36-,40-,41-/m0/s1. The smallest absolute Gasteiger partial charge is 0.325 e. The van der Waals surface area contributed by atoms with Gasteiger partial charge in [0.05, 0.1) is 38.7 Å². The largest absolute Gasteiger partial charge is 0.481 e. The molecule has 11 amide bonds. The van der Waals surface area contributed by atoms with Crippen LogP contribution in [0.4, 0.5) is 0 Å². The van der Waals surface area contributed by atoms with Gasteiger partial charge in [-0.15, -0.1) is 0 Å². The number of aliphatic imine (C=N–C) groups is 1. The van der Waals surface area contributed by atoms with Gasteiger partial charge in [-0.3, -0.25) is 76.9 Å². The summed E-state index contributed by atoms with van der Waals surface area (Å²) in [7, 11) is 0. The number of guanidine groups is 1. The molecule has 0 radical (unpaired) electrons. The lowest BCUT2D eigenvalue weighted by Crippen LogP contribution is -2.62. The van der Waals surface area contributed by atoms with Gasteiger partial charge in [-0.05, 0) is 62.7 Å². The van der Waals surface area contributed by atoms with E-state index in [0.717, 1.165) is 6.92 Å². The summed E-state index contributed by atoms with van der Waals surface area (Å²) >= 11 is 0. The van der Waals surface area contributed by atoms with E-state index in [1.54, 1.807) is 34.6 Å². The molecule has 0 rings (SSSR count). The number of aliphatic hydroxyl groups is 3. The highest BCUT2D eigenvalue weighted by atomic mass is 16.4. The predicted octanol–water partition coefficient (Wildman–Crippen LogP) is -7.61. The summed E-state index contributed by atoms with van der Waals surface area (Å²) in [5.74, 6) is -20.8. The molecule has 37 heteroatoms. The minimum absolute atomic E-state index is 0.0447. The number of carbonyl (C=O) groups is 15. The Kier molecular flexibility index (Phi) is 37.4. The SMILES string of the molecule is CC[C@H](C)[C@H](NC(=O)[C@H](CC(=O)O)NC(=O)[C@H](CO)NC(=O)[C@H](CO)NC(=O)[C@H](CCCN=C(N)N)NC(=O)[C@H](CC(C)C)NC(=O)[C@H](CO)NC(=O)[C@H](CC(C)C)NC(=O)[C@H](CCC(=O)O)NC(=O)[C@@H](NC(=O)[C@@H](N)CC(=O)O)C(C)C)C(=O)N[C@@H](C)C(=O)O. The monoisotopic (exact) mass is 1300 g/mol. The number of nitrogens with two attached hydrogens (primary N) is 3. The van der Waals surface area contributed by atoms with Gasteiger partial charge in [0.1, 0.15) is 66.5 Å². The maximum atomic E-state index is 14.2. The van der Waals surface area contributed by atoms with Gasteiger partial charge in [0.2, 0.25) is 65.0 Å². The van der Waals surface area contributed by atoms with Gasteiger partial charge in [0.15, 0.2) is 5.96 Å². The van der Waals surface area contributed by atoms with Crippen molar-refractivity contribution in [2.45, 2.75) is 193 Å². The van der Waals surface area contributed by atoms with E-state index < -0.39 is 225 Å². The predicted molar refractivity (Wildman–Crippen MR) is 318 cm³/mol. The first-order valence-corrected chi connectivity index (χ1v) is 29.2. The maximum Gasteiger partial charge on any atom is 0.325 e. The molecule has 0 aromatic rings. The second-order valence-corrected chi connectivity index (χ2v) is 22.7. The zero-order valence-corrected chi connectivity index (χ0v) is 52.4. The Balaban J connectivity index is 6.75. The van der Waals surface area contributed by atoms with Crippen molar-refractivity contribution < 1.29 is 108 Å². The van der Waals surface area contributed by atoms with Gasteiger partial charge in [-0.1, -0.05) is 61.8 Å². The van der Waals surface area contributed by atoms with E-state index in [1.807, 2.05) is 0 Å². The Morgan fingerprint density at radius 1 is 0.407 bits per heavy atom. The fourth-order valence-electron chi connectivity index (χ4n) is 8.25. The minimum Gasteiger partial charge on any atom is -0.481 e. The molecule has 0 bridgehead atoms. The molecule has 0 aliphatic carbocycles. The number of hydrogen-bond acceptors (Lipinski definition) is 20. The van der Waals surface area contributed by atoms with Crippen LogP contribution < -0.4 is 75.7 Å². The molecule has 516 valence electrons.